The molecular weight excluding hydrogens is 939 g/mol. The minimum atomic E-state index is -1.76. The first kappa shape index (κ1) is 52.5. The van der Waals surface area contributed by atoms with Gasteiger partial charge in [-0.15, -0.1) is 6.58 Å². The standard InChI is InChI=1S/C51H57N5O16/c1-2-26-68-51-47(53(22-27-67-28-25-59)50(60)71-39-18-16-37(17-19-39)55(63)64)32-45(52-69-33-34-12-14-36(15-13-34)54(61)62)43-29-35(8-3-5-23-57)42(11-4-6-24-58)48(49(43)51)44-31-41(20-21-46(44)72-51)70-40-10-7-9-38(30-40)56(65)66/h2,7,9-10,12-21,29-31,35,42,47-49,57-59H,1,3-6,8,11,22-28,32-33H2/t35-,42+,47-,48+,49+,51+/m0/s1. The van der Waals surface area contributed by atoms with Gasteiger partial charge in [0, 0.05) is 68.0 Å². The molecule has 0 aromatic heterocycles. The Kier molecular flexibility index (Phi) is 18.0. The van der Waals surface area contributed by atoms with Crippen LogP contribution in [0.4, 0.5) is 21.9 Å². The molecule has 4 aromatic rings. The second-order valence-electron chi connectivity index (χ2n) is 17.5. The number of carbonyl (C=O) groups is 1. The number of non-ortho nitro benzene ring substituents is 3. The quantitative estimate of drug-likeness (QED) is 0.0230. The Balaban J connectivity index is 1.43. The number of nitro benzene ring substituents is 3. The number of oxime groups is 1. The summed E-state index contributed by atoms with van der Waals surface area (Å²) in [4.78, 5) is 55.4. The number of allylic oxidation sites excluding steroid dienone is 1. The molecule has 0 unspecified atom stereocenters. The van der Waals surface area contributed by atoms with Crippen molar-refractivity contribution >= 4 is 28.9 Å². The average molecular weight is 996 g/mol. The van der Waals surface area contributed by atoms with Gasteiger partial charge in [0.15, 0.2) is 0 Å². The molecule has 1 aliphatic heterocycles. The zero-order valence-electron chi connectivity index (χ0n) is 39.4. The molecule has 6 atom stereocenters. The third-order valence-electron chi connectivity index (χ3n) is 13.0. The molecule has 21 heteroatoms. The van der Waals surface area contributed by atoms with E-state index >= 15 is 0 Å². The first-order valence-corrected chi connectivity index (χ1v) is 23.7. The number of aliphatic hydroxyl groups is 3. The zero-order valence-corrected chi connectivity index (χ0v) is 39.4. The van der Waals surface area contributed by atoms with Crippen LogP contribution in [0.1, 0.15) is 62.0 Å². The van der Waals surface area contributed by atoms with Gasteiger partial charge in [0.25, 0.3) is 17.1 Å². The summed E-state index contributed by atoms with van der Waals surface area (Å²) in [7, 11) is 0. The molecule has 1 heterocycles. The predicted molar refractivity (Wildman–Crippen MR) is 260 cm³/mol. The van der Waals surface area contributed by atoms with Crippen molar-refractivity contribution in [3.63, 3.8) is 0 Å². The van der Waals surface area contributed by atoms with E-state index in [-0.39, 0.29) is 99.6 Å². The van der Waals surface area contributed by atoms with Crippen LogP contribution in [-0.2, 0) is 20.9 Å². The highest BCUT2D eigenvalue weighted by molar-refractivity contribution is 6.03. The maximum atomic E-state index is 14.9. The van der Waals surface area contributed by atoms with Gasteiger partial charge in [0.05, 0.1) is 58.9 Å². The maximum absolute atomic E-state index is 14.9. The highest BCUT2D eigenvalue weighted by Gasteiger charge is 2.65. The van der Waals surface area contributed by atoms with E-state index in [1.165, 1.54) is 59.5 Å². The molecule has 7 rings (SSSR count). The molecule has 3 N–H and O–H groups in total. The van der Waals surface area contributed by atoms with Gasteiger partial charge in [0.1, 0.15) is 35.6 Å². The molecule has 0 spiro atoms. The fraction of sp³-hybridized carbons (Fsp3) is 0.412. The minimum Gasteiger partial charge on any atom is -0.459 e. The van der Waals surface area contributed by atoms with E-state index in [4.69, 9.17) is 33.7 Å². The van der Waals surface area contributed by atoms with E-state index in [0.29, 0.717) is 72.4 Å². The van der Waals surface area contributed by atoms with Gasteiger partial charge in [-0.05, 0) is 97.2 Å². The summed E-state index contributed by atoms with van der Waals surface area (Å²) < 4.78 is 32.3. The molecule has 72 heavy (non-hydrogen) atoms. The Labute approximate surface area is 414 Å². The normalized spacial score (nSPS) is 21.3. The van der Waals surface area contributed by atoms with Crippen LogP contribution in [0.5, 0.6) is 23.0 Å². The molecular formula is C51H57N5O16. The van der Waals surface area contributed by atoms with Crippen molar-refractivity contribution in [3.8, 4) is 23.0 Å². The van der Waals surface area contributed by atoms with Gasteiger partial charge in [-0.1, -0.05) is 36.2 Å². The topological polar surface area (TPSA) is 278 Å². The summed E-state index contributed by atoms with van der Waals surface area (Å²) in [5.41, 5.74) is 1.90. The van der Waals surface area contributed by atoms with Crippen molar-refractivity contribution in [3.05, 3.63) is 157 Å². The smallest absolute Gasteiger partial charge is 0.415 e. The SMILES string of the molecule is C=CCO[C@@]12Oc3ccc(Oc4cccc([N+](=O)[O-])c4)cc3[C@H]3[C@H](CCCCO)[C@@H](CCCCO)C=C(C(=NOCc4ccc([N+](=O)[O-])cc4)C[C@@H]1N(CCOCCO)C(=O)Oc1ccc([N+](=O)[O-])cc1)[C@H]32. The first-order chi connectivity index (χ1) is 34.9. The van der Waals surface area contributed by atoms with Crippen molar-refractivity contribution in [2.45, 2.75) is 69.3 Å². The second-order valence-corrected chi connectivity index (χ2v) is 17.5. The summed E-state index contributed by atoms with van der Waals surface area (Å²) in [6, 6.07) is 20.8. The van der Waals surface area contributed by atoms with Crippen LogP contribution in [0.2, 0.25) is 0 Å². The lowest BCUT2D eigenvalue weighted by molar-refractivity contribution is -0.385. The number of rotatable bonds is 26. The number of aliphatic hydroxyl groups excluding tert-OH is 3. The van der Waals surface area contributed by atoms with Gasteiger partial charge >= 0.3 is 6.09 Å². The fourth-order valence-corrected chi connectivity index (χ4v) is 9.91. The Bertz CT molecular complexity index is 2610. The molecule has 0 saturated heterocycles. The van der Waals surface area contributed by atoms with Gasteiger partial charge in [-0.2, -0.15) is 0 Å². The van der Waals surface area contributed by atoms with Crippen LogP contribution >= 0.6 is 0 Å². The number of nitro groups is 3. The monoisotopic (exact) mass is 995 g/mol. The lowest BCUT2D eigenvalue weighted by Crippen LogP contribution is -2.70. The number of hydrogen-bond acceptors (Lipinski definition) is 17. The van der Waals surface area contributed by atoms with Gasteiger partial charge in [-0.25, -0.2) is 4.79 Å². The van der Waals surface area contributed by atoms with Crippen molar-refractivity contribution in [2.75, 3.05) is 46.2 Å². The fourth-order valence-electron chi connectivity index (χ4n) is 9.91. The maximum Gasteiger partial charge on any atom is 0.415 e. The number of carbonyl (C=O) groups excluding carboxylic acids is 1. The average Bonchev–Trinajstić information content (AvgIpc) is 3.37. The number of fused-ring (bicyclic) bond motifs is 2. The Hall–Kier alpha value is -7.30. The molecule has 1 saturated carbocycles. The van der Waals surface area contributed by atoms with Crippen LogP contribution in [0.3, 0.4) is 0 Å². The van der Waals surface area contributed by atoms with Gasteiger partial charge < -0.3 is 43.8 Å². The number of unbranched alkanes of at least 4 members (excludes halogenated alkanes) is 2. The van der Waals surface area contributed by atoms with Crippen molar-refractivity contribution < 1.29 is 63.4 Å². The van der Waals surface area contributed by atoms with Crippen molar-refractivity contribution in [1.29, 1.82) is 0 Å². The van der Waals surface area contributed by atoms with Crippen molar-refractivity contribution in [2.24, 2.45) is 22.9 Å². The third-order valence-corrected chi connectivity index (χ3v) is 13.0. The number of benzene rings is 4. The molecule has 0 radical (unpaired) electrons. The largest absolute Gasteiger partial charge is 0.459 e. The minimum absolute atomic E-state index is 0.000972. The first-order valence-electron chi connectivity index (χ1n) is 23.7. The van der Waals surface area contributed by atoms with E-state index in [9.17, 15) is 50.5 Å². The summed E-state index contributed by atoms with van der Waals surface area (Å²) in [6.07, 6.45) is 6.32. The number of ether oxygens (including phenoxy) is 5. The van der Waals surface area contributed by atoms with E-state index < -0.39 is 44.5 Å². The van der Waals surface area contributed by atoms with E-state index in [2.05, 4.69) is 12.7 Å². The van der Waals surface area contributed by atoms with Gasteiger partial charge in [-0.3, -0.25) is 35.2 Å². The van der Waals surface area contributed by atoms with Crippen LogP contribution < -0.4 is 14.2 Å². The number of hydrogen-bond donors (Lipinski definition) is 3. The molecule has 4 aromatic carbocycles. The van der Waals surface area contributed by atoms with Crippen LogP contribution in [0, 0.1) is 48.1 Å². The number of amides is 1. The molecule has 0 bridgehead atoms. The van der Waals surface area contributed by atoms with Crippen LogP contribution in [-0.4, -0.2) is 105 Å². The molecule has 1 fully saturated rings. The predicted octanol–water partition coefficient (Wildman–Crippen LogP) is 8.55. The highest BCUT2D eigenvalue weighted by atomic mass is 16.7. The number of nitrogens with zero attached hydrogens (tertiary/aromatic N) is 5. The second kappa shape index (κ2) is 24.7. The summed E-state index contributed by atoms with van der Waals surface area (Å²) in [6.45, 7) is 3.17. The van der Waals surface area contributed by atoms with Crippen LogP contribution in [0.15, 0.2) is 120 Å². The molecule has 2 aliphatic carbocycles. The van der Waals surface area contributed by atoms with E-state index in [1.54, 1.807) is 36.4 Å². The van der Waals surface area contributed by atoms with Crippen molar-refractivity contribution in [1.82, 2.24) is 4.90 Å². The summed E-state index contributed by atoms with van der Waals surface area (Å²) in [5, 5.41) is 69.0. The summed E-state index contributed by atoms with van der Waals surface area (Å²) >= 11 is 0. The lowest BCUT2D eigenvalue weighted by Gasteiger charge is -2.59. The molecule has 21 nitrogen and oxygen atoms in total. The molecule has 1 amide bonds. The lowest BCUT2D eigenvalue weighted by atomic mass is 9.55. The zero-order chi connectivity index (χ0) is 51.2. The third kappa shape index (κ3) is 12.2. The van der Waals surface area contributed by atoms with E-state index in [0.717, 1.165) is 0 Å². The van der Waals surface area contributed by atoms with E-state index in [1.807, 2.05) is 6.07 Å². The summed E-state index contributed by atoms with van der Waals surface area (Å²) in [5.74, 6) is -2.45. The molecule has 382 valence electrons. The van der Waals surface area contributed by atoms with Crippen LogP contribution in [0.25, 0.3) is 0 Å². The Morgan fingerprint density at radius 1 is 0.806 bits per heavy atom. The van der Waals surface area contributed by atoms with Gasteiger partial charge in [0.2, 0.25) is 5.79 Å². The Morgan fingerprint density at radius 2 is 1.47 bits per heavy atom. The molecule has 3 aliphatic rings. The highest BCUT2D eigenvalue weighted by Crippen LogP contribution is 2.62. The Morgan fingerprint density at radius 3 is 2.14 bits per heavy atom.